The zero-order valence-corrected chi connectivity index (χ0v) is 20.3. The maximum absolute atomic E-state index is 13.5. The molecule has 1 aliphatic rings. The molecule has 1 N–H and O–H groups in total. The second kappa shape index (κ2) is 9.94. The first-order valence-corrected chi connectivity index (χ1v) is 11.4. The van der Waals surface area contributed by atoms with Gasteiger partial charge in [0.2, 0.25) is 5.95 Å². The quantitative estimate of drug-likeness (QED) is 0.390. The molecule has 0 saturated carbocycles. The predicted octanol–water partition coefficient (Wildman–Crippen LogP) is 0.264. The number of benzene rings is 1. The summed E-state index contributed by atoms with van der Waals surface area (Å²) in [6.45, 7) is 4.14. The van der Waals surface area contributed by atoms with Gasteiger partial charge in [-0.05, 0) is 29.9 Å². The number of halogens is 1. The largest absolute Gasteiger partial charge is 0.383 e. The van der Waals surface area contributed by atoms with Gasteiger partial charge in [-0.1, -0.05) is 12.1 Å². The van der Waals surface area contributed by atoms with Crippen molar-refractivity contribution in [3.05, 3.63) is 56.5 Å². The van der Waals surface area contributed by atoms with E-state index >= 15 is 0 Å². The number of anilines is 1. The highest BCUT2D eigenvalue weighted by molar-refractivity contribution is 7.80. The van der Waals surface area contributed by atoms with Gasteiger partial charge in [-0.2, -0.15) is 4.98 Å². The molecular formula is C22H28FN7O3S. The van der Waals surface area contributed by atoms with Gasteiger partial charge in [0, 0.05) is 53.9 Å². The van der Waals surface area contributed by atoms with E-state index in [1.807, 2.05) is 4.57 Å². The van der Waals surface area contributed by atoms with E-state index in [-0.39, 0.29) is 5.82 Å². The molecule has 182 valence electrons. The third-order valence-electron chi connectivity index (χ3n) is 6.01. The fourth-order valence-electron chi connectivity index (χ4n) is 4.08. The van der Waals surface area contributed by atoms with Crippen LogP contribution in [0, 0.1) is 5.82 Å². The van der Waals surface area contributed by atoms with Gasteiger partial charge in [-0.15, -0.1) is 0 Å². The number of methoxy groups -OCH3 is 1. The van der Waals surface area contributed by atoms with Gasteiger partial charge in [0.25, 0.3) is 5.56 Å². The third-order valence-corrected chi connectivity index (χ3v) is 6.42. The highest BCUT2D eigenvalue weighted by Crippen LogP contribution is 2.23. The minimum absolute atomic E-state index is 0.316. The van der Waals surface area contributed by atoms with Crippen LogP contribution in [0.15, 0.2) is 33.9 Å². The van der Waals surface area contributed by atoms with Crippen LogP contribution in [0.3, 0.4) is 0 Å². The lowest BCUT2D eigenvalue weighted by atomic mass is 10.2. The zero-order chi connectivity index (χ0) is 24.4. The summed E-state index contributed by atoms with van der Waals surface area (Å²) in [4.78, 5) is 34.5. The van der Waals surface area contributed by atoms with Crippen molar-refractivity contribution in [2.24, 2.45) is 14.1 Å². The molecule has 1 fully saturated rings. The van der Waals surface area contributed by atoms with Crippen molar-refractivity contribution in [3.63, 3.8) is 0 Å². The number of rotatable bonds is 6. The second-order valence-corrected chi connectivity index (χ2v) is 8.59. The minimum atomic E-state index is -0.437. The number of nitrogens with zero attached hydrogens (tertiary/aromatic N) is 6. The third kappa shape index (κ3) is 4.55. The number of hydrogen-bond donors (Lipinski definition) is 1. The molecule has 1 aromatic carbocycles. The Morgan fingerprint density at radius 1 is 1.12 bits per heavy atom. The Hall–Kier alpha value is -3.25. The number of piperazine rings is 1. The number of fused-ring (bicyclic) bond motifs is 1. The van der Waals surface area contributed by atoms with E-state index in [9.17, 15) is 14.0 Å². The Morgan fingerprint density at radius 3 is 2.44 bits per heavy atom. The van der Waals surface area contributed by atoms with Gasteiger partial charge in [0.15, 0.2) is 16.3 Å². The van der Waals surface area contributed by atoms with Crippen LogP contribution in [0.5, 0.6) is 0 Å². The van der Waals surface area contributed by atoms with Crippen molar-refractivity contribution >= 4 is 34.4 Å². The van der Waals surface area contributed by atoms with E-state index < -0.39 is 11.2 Å². The molecule has 3 heterocycles. The Morgan fingerprint density at radius 2 is 1.79 bits per heavy atom. The second-order valence-electron chi connectivity index (χ2n) is 8.20. The summed E-state index contributed by atoms with van der Waals surface area (Å²) >= 11 is 5.49. The molecular weight excluding hydrogens is 461 g/mol. The molecule has 34 heavy (non-hydrogen) atoms. The fraction of sp³-hybridized carbons (Fsp3) is 0.455. The summed E-state index contributed by atoms with van der Waals surface area (Å²) < 4.78 is 22.8. The molecule has 12 heteroatoms. The normalized spacial score (nSPS) is 14.1. The maximum atomic E-state index is 13.5. The number of nitrogens with one attached hydrogen (secondary N) is 1. The van der Waals surface area contributed by atoms with E-state index in [4.69, 9.17) is 21.9 Å². The average molecular weight is 490 g/mol. The summed E-state index contributed by atoms with van der Waals surface area (Å²) in [5.41, 5.74) is 0.626. The lowest BCUT2D eigenvalue weighted by Gasteiger charge is -2.36. The number of aryl methyl sites for hydroxylation is 1. The van der Waals surface area contributed by atoms with Gasteiger partial charge >= 0.3 is 5.69 Å². The van der Waals surface area contributed by atoms with E-state index in [2.05, 4.69) is 15.1 Å². The fourth-order valence-corrected chi connectivity index (χ4v) is 4.36. The molecule has 3 aromatic rings. The highest BCUT2D eigenvalue weighted by atomic mass is 32.1. The van der Waals surface area contributed by atoms with Gasteiger partial charge in [0.05, 0.1) is 13.2 Å². The number of aromatic nitrogens is 4. The van der Waals surface area contributed by atoms with Crippen molar-refractivity contribution in [1.29, 1.82) is 0 Å². The van der Waals surface area contributed by atoms with Crippen molar-refractivity contribution in [2.75, 3.05) is 51.3 Å². The first kappa shape index (κ1) is 23.9. The van der Waals surface area contributed by atoms with Crippen LogP contribution in [0.2, 0.25) is 0 Å². The monoisotopic (exact) mass is 489 g/mol. The molecule has 1 aliphatic heterocycles. The van der Waals surface area contributed by atoms with Crippen LogP contribution in [0.25, 0.3) is 11.2 Å². The standard InChI is InChI=1S/C22H28FN7O3S/c1-26-18-17(19(31)27(2)22(26)32)30(14-15-4-6-16(23)7-5-15)20(25-18)28-9-11-29(12-10-28)21(34)24-8-13-33-3/h4-7H,8-14H2,1-3H3,(H,24,34). The summed E-state index contributed by atoms with van der Waals surface area (Å²) in [7, 11) is 4.70. The highest BCUT2D eigenvalue weighted by Gasteiger charge is 2.26. The maximum Gasteiger partial charge on any atom is 0.332 e. The molecule has 1 saturated heterocycles. The smallest absolute Gasteiger partial charge is 0.332 e. The molecule has 0 aliphatic carbocycles. The average Bonchev–Trinajstić information content (AvgIpc) is 3.22. The molecule has 0 radical (unpaired) electrons. The van der Waals surface area contributed by atoms with E-state index in [1.165, 1.54) is 23.7 Å². The van der Waals surface area contributed by atoms with Gasteiger partial charge in [-0.25, -0.2) is 9.18 Å². The SMILES string of the molecule is COCCNC(=S)N1CCN(c2nc3c(c(=O)n(C)c(=O)n3C)n2Cc2ccc(F)cc2)CC1. The summed E-state index contributed by atoms with van der Waals surface area (Å²) in [5, 5.41) is 3.86. The van der Waals surface area contributed by atoms with Crippen LogP contribution >= 0.6 is 12.2 Å². The minimum Gasteiger partial charge on any atom is -0.383 e. The van der Waals surface area contributed by atoms with Crippen LogP contribution < -0.4 is 21.5 Å². The summed E-state index contributed by atoms with van der Waals surface area (Å²) in [5.74, 6) is 0.263. The first-order valence-electron chi connectivity index (χ1n) is 11.0. The van der Waals surface area contributed by atoms with Crippen LogP contribution in [-0.2, 0) is 25.4 Å². The summed E-state index contributed by atoms with van der Waals surface area (Å²) in [6.07, 6.45) is 0. The van der Waals surface area contributed by atoms with Crippen molar-refractivity contribution in [1.82, 2.24) is 28.9 Å². The first-order chi connectivity index (χ1) is 16.3. The Kier molecular flexibility index (Phi) is 6.98. The molecule has 10 nitrogen and oxygen atoms in total. The van der Waals surface area contributed by atoms with E-state index in [1.54, 1.807) is 26.3 Å². The Bertz CT molecular complexity index is 1310. The molecule has 0 atom stereocenters. The van der Waals surface area contributed by atoms with Crippen molar-refractivity contribution in [3.8, 4) is 0 Å². The Balaban J connectivity index is 1.68. The molecule has 4 rings (SSSR count). The van der Waals surface area contributed by atoms with Crippen molar-refractivity contribution < 1.29 is 9.13 Å². The van der Waals surface area contributed by atoms with Crippen LogP contribution in [-0.4, -0.2) is 75.1 Å². The molecule has 0 bridgehead atoms. The molecule has 0 amide bonds. The lowest BCUT2D eigenvalue weighted by Crippen LogP contribution is -2.52. The molecule has 2 aromatic heterocycles. The predicted molar refractivity (Wildman–Crippen MR) is 132 cm³/mol. The van der Waals surface area contributed by atoms with E-state index in [0.29, 0.717) is 68.1 Å². The Labute approximate surface area is 201 Å². The topological polar surface area (TPSA) is 89.6 Å². The number of hydrogen-bond acceptors (Lipinski definition) is 6. The zero-order valence-electron chi connectivity index (χ0n) is 19.5. The van der Waals surface area contributed by atoms with Crippen LogP contribution in [0.1, 0.15) is 5.56 Å². The number of thiocarbonyl (C=S) groups is 1. The van der Waals surface area contributed by atoms with E-state index in [0.717, 1.165) is 10.1 Å². The molecule has 0 spiro atoms. The molecule has 0 unspecified atom stereocenters. The van der Waals surface area contributed by atoms with Gasteiger partial charge in [-0.3, -0.25) is 18.5 Å². The lowest BCUT2D eigenvalue weighted by molar-refractivity contribution is 0.202. The van der Waals surface area contributed by atoms with Crippen LogP contribution in [0.4, 0.5) is 10.3 Å². The van der Waals surface area contributed by atoms with Crippen molar-refractivity contribution in [2.45, 2.75) is 6.54 Å². The number of ether oxygens (including phenoxy) is 1. The van der Waals surface area contributed by atoms with Gasteiger partial charge in [0.1, 0.15) is 5.82 Å². The summed E-state index contributed by atoms with van der Waals surface area (Å²) in [6, 6.07) is 6.13. The van der Waals surface area contributed by atoms with Gasteiger partial charge < -0.3 is 19.9 Å². The number of imidazole rings is 1.